The van der Waals surface area contributed by atoms with Crippen molar-refractivity contribution in [3.8, 4) is 0 Å². The smallest absolute Gasteiger partial charge is 0.221 e. The number of carbonyl (C=O) groups is 1. The summed E-state index contributed by atoms with van der Waals surface area (Å²) in [7, 11) is 0. The molecule has 3 rings (SSSR count). The van der Waals surface area contributed by atoms with Crippen molar-refractivity contribution in [1.82, 2.24) is 15.3 Å². The average molecular weight is 262 g/mol. The lowest BCUT2D eigenvalue weighted by atomic mass is 10.3. The summed E-state index contributed by atoms with van der Waals surface area (Å²) in [6.45, 7) is 0.600. The molecule has 1 aliphatic rings. The summed E-state index contributed by atoms with van der Waals surface area (Å²) in [6, 6.07) is 2.40. The molecule has 2 aromatic heterocycles. The number of hydrogen-bond donors (Lipinski definition) is 2. The van der Waals surface area contributed by atoms with Crippen LogP contribution in [-0.2, 0) is 4.79 Å². The van der Waals surface area contributed by atoms with Crippen LogP contribution in [0, 0.1) is 0 Å². The van der Waals surface area contributed by atoms with E-state index in [1.165, 1.54) is 0 Å². The zero-order valence-electron chi connectivity index (χ0n) is 9.85. The van der Waals surface area contributed by atoms with Crippen molar-refractivity contribution in [3.63, 3.8) is 0 Å². The van der Waals surface area contributed by atoms with Crippen molar-refractivity contribution in [2.75, 3.05) is 11.9 Å². The van der Waals surface area contributed by atoms with Gasteiger partial charge in [-0.2, -0.15) is 0 Å². The van der Waals surface area contributed by atoms with Crippen LogP contribution in [0.3, 0.4) is 0 Å². The van der Waals surface area contributed by atoms with Gasteiger partial charge in [0, 0.05) is 19.0 Å². The van der Waals surface area contributed by atoms with Gasteiger partial charge in [-0.05, 0) is 24.3 Å². The van der Waals surface area contributed by atoms with Gasteiger partial charge in [0.2, 0.25) is 5.91 Å². The van der Waals surface area contributed by atoms with E-state index in [0.29, 0.717) is 19.0 Å². The Labute approximate surface area is 109 Å². The fourth-order valence-electron chi connectivity index (χ4n) is 1.74. The standard InChI is InChI=1S/C12H14N4OS/c17-10(16-8-1-2-8)3-5-13-12-11-9(4-6-18-11)14-7-15-12/h4,6-8H,1-3,5H2,(H,16,17)(H,13,14,15). The Bertz CT molecular complexity index is 564. The monoisotopic (exact) mass is 262 g/mol. The average Bonchev–Trinajstić information content (AvgIpc) is 3.04. The van der Waals surface area contributed by atoms with E-state index in [9.17, 15) is 4.79 Å². The maximum absolute atomic E-state index is 11.5. The van der Waals surface area contributed by atoms with Crippen molar-refractivity contribution in [3.05, 3.63) is 17.8 Å². The number of aromatic nitrogens is 2. The fourth-order valence-corrected chi connectivity index (χ4v) is 2.55. The summed E-state index contributed by atoms with van der Waals surface area (Å²) in [5.74, 6) is 0.927. The molecule has 18 heavy (non-hydrogen) atoms. The lowest BCUT2D eigenvalue weighted by Crippen LogP contribution is -2.27. The van der Waals surface area contributed by atoms with Gasteiger partial charge < -0.3 is 10.6 Å². The first-order chi connectivity index (χ1) is 8.83. The summed E-state index contributed by atoms with van der Waals surface area (Å²) < 4.78 is 1.04. The van der Waals surface area contributed by atoms with Crippen molar-refractivity contribution < 1.29 is 4.79 Å². The van der Waals surface area contributed by atoms with Crippen molar-refractivity contribution >= 4 is 33.3 Å². The van der Waals surface area contributed by atoms with Crippen LogP contribution in [0.25, 0.3) is 10.2 Å². The van der Waals surface area contributed by atoms with Crippen LogP contribution in [0.5, 0.6) is 0 Å². The van der Waals surface area contributed by atoms with E-state index in [1.807, 2.05) is 11.4 Å². The Morgan fingerprint density at radius 1 is 1.44 bits per heavy atom. The minimum absolute atomic E-state index is 0.112. The third-order valence-electron chi connectivity index (χ3n) is 2.83. The molecule has 94 valence electrons. The molecular weight excluding hydrogens is 248 g/mol. The van der Waals surface area contributed by atoms with Crippen LogP contribution in [0.2, 0.25) is 0 Å². The maximum atomic E-state index is 11.5. The molecule has 1 amide bonds. The summed E-state index contributed by atoms with van der Waals surface area (Å²) in [6.07, 6.45) is 4.27. The minimum Gasteiger partial charge on any atom is -0.368 e. The van der Waals surface area contributed by atoms with E-state index in [4.69, 9.17) is 0 Å². The second kappa shape index (κ2) is 4.89. The molecule has 5 nitrogen and oxygen atoms in total. The van der Waals surface area contributed by atoms with Gasteiger partial charge in [0.15, 0.2) is 0 Å². The van der Waals surface area contributed by atoms with Gasteiger partial charge in [0.05, 0.1) is 10.2 Å². The molecule has 1 aliphatic carbocycles. The Morgan fingerprint density at radius 2 is 2.33 bits per heavy atom. The number of rotatable bonds is 5. The SMILES string of the molecule is O=C(CCNc1ncnc2ccsc12)NC1CC1. The maximum Gasteiger partial charge on any atom is 0.221 e. The lowest BCUT2D eigenvalue weighted by Gasteiger charge is -2.06. The van der Waals surface area contributed by atoms with Gasteiger partial charge in [-0.15, -0.1) is 11.3 Å². The number of amides is 1. The number of anilines is 1. The second-order valence-corrected chi connectivity index (χ2v) is 5.29. The highest BCUT2D eigenvalue weighted by atomic mass is 32.1. The molecule has 0 radical (unpaired) electrons. The normalized spacial score (nSPS) is 14.7. The first-order valence-corrected chi connectivity index (χ1v) is 6.92. The third kappa shape index (κ3) is 2.59. The Morgan fingerprint density at radius 3 is 3.17 bits per heavy atom. The third-order valence-corrected chi connectivity index (χ3v) is 3.74. The van der Waals surface area contributed by atoms with E-state index in [1.54, 1.807) is 17.7 Å². The first-order valence-electron chi connectivity index (χ1n) is 6.04. The van der Waals surface area contributed by atoms with Crippen molar-refractivity contribution in [2.24, 2.45) is 0 Å². The van der Waals surface area contributed by atoms with E-state index in [0.717, 1.165) is 28.9 Å². The van der Waals surface area contributed by atoms with Crippen molar-refractivity contribution in [2.45, 2.75) is 25.3 Å². The topological polar surface area (TPSA) is 66.9 Å². The number of hydrogen-bond acceptors (Lipinski definition) is 5. The predicted molar refractivity (Wildman–Crippen MR) is 71.7 cm³/mol. The van der Waals surface area contributed by atoms with Gasteiger partial charge in [0.25, 0.3) is 0 Å². The molecule has 2 heterocycles. The quantitative estimate of drug-likeness (QED) is 0.862. The van der Waals surface area contributed by atoms with Crippen LogP contribution in [-0.4, -0.2) is 28.5 Å². The Kier molecular flexibility index (Phi) is 3.10. The zero-order valence-corrected chi connectivity index (χ0v) is 10.7. The summed E-state index contributed by atoms with van der Waals surface area (Å²) in [4.78, 5) is 19.9. The van der Waals surface area contributed by atoms with E-state index < -0.39 is 0 Å². The molecule has 1 saturated carbocycles. The van der Waals surface area contributed by atoms with Crippen LogP contribution in [0.1, 0.15) is 19.3 Å². The number of carbonyl (C=O) groups excluding carboxylic acids is 1. The molecule has 0 spiro atoms. The van der Waals surface area contributed by atoms with Crippen molar-refractivity contribution in [1.29, 1.82) is 0 Å². The summed E-state index contributed by atoms with van der Waals surface area (Å²) in [5.41, 5.74) is 0.944. The Balaban J connectivity index is 1.55. The predicted octanol–water partition coefficient (Wildman–Crippen LogP) is 1.77. The number of nitrogens with zero attached hydrogens (tertiary/aromatic N) is 2. The highest BCUT2D eigenvalue weighted by Gasteiger charge is 2.22. The summed E-state index contributed by atoms with van der Waals surface area (Å²) in [5, 5.41) is 8.15. The van der Waals surface area contributed by atoms with Gasteiger partial charge >= 0.3 is 0 Å². The molecule has 2 aromatic rings. The van der Waals surface area contributed by atoms with E-state index in [2.05, 4.69) is 20.6 Å². The van der Waals surface area contributed by atoms with Crippen LogP contribution in [0.4, 0.5) is 5.82 Å². The number of fused-ring (bicyclic) bond motifs is 1. The number of nitrogens with one attached hydrogen (secondary N) is 2. The van der Waals surface area contributed by atoms with E-state index in [-0.39, 0.29) is 5.91 Å². The van der Waals surface area contributed by atoms with Gasteiger partial charge in [-0.25, -0.2) is 9.97 Å². The van der Waals surface area contributed by atoms with Gasteiger partial charge in [-0.3, -0.25) is 4.79 Å². The molecule has 2 N–H and O–H groups in total. The van der Waals surface area contributed by atoms with Gasteiger partial charge in [0.1, 0.15) is 12.1 Å². The zero-order chi connectivity index (χ0) is 12.4. The lowest BCUT2D eigenvalue weighted by molar-refractivity contribution is -0.120. The van der Waals surface area contributed by atoms with Gasteiger partial charge in [-0.1, -0.05) is 0 Å². The number of thiophene rings is 1. The molecule has 1 fully saturated rings. The fraction of sp³-hybridized carbons (Fsp3) is 0.417. The van der Waals surface area contributed by atoms with Crippen LogP contribution >= 0.6 is 11.3 Å². The Hall–Kier alpha value is -1.69. The largest absolute Gasteiger partial charge is 0.368 e. The molecule has 0 aliphatic heterocycles. The minimum atomic E-state index is 0.112. The summed E-state index contributed by atoms with van der Waals surface area (Å²) >= 11 is 1.61. The molecule has 0 aromatic carbocycles. The molecule has 0 atom stereocenters. The highest BCUT2D eigenvalue weighted by molar-refractivity contribution is 7.17. The van der Waals surface area contributed by atoms with E-state index >= 15 is 0 Å². The first kappa shape index (κ1) is 11.4. The molecule has 0 bridgehead atoms. The van der Waals surface area contributed by atoms with Crippen LogP contribution < -0.4 is 10.6 Å². The molecular formula is C12H14N4OS. The second-order valence-electron chi connectivity index (χ2n) is 4.38. The molecule has 0 saturated heterocycles. The molecule has 6 heteroatoms. The van der Waals surface area contributed by atoms with Crippen LogP contribution in [0.15, 0.2) is 17.8 Å². The highest BCUT2D eigenvalue weighted by Crippen LogP contribution is 2.24. The molecule has 0 unspecified atom stereocenters.